The van der Waals surface area contributed by atoms with Gasteiger partial charge in [-0.3, -0.25) is 9.69 Å². The third kappa shape index (κ3) is 4.45. The summed E-state index contributed by atoms with van der Waals surface area (Å²) < 4.78 is 0. The third-order valence-corrected chi connectivity index (χ3v) is 4.73. The van der Waals surface area contributed by atoms with Gasteiger partial charge >= 0.3 is 0 Å². The van der Waals surface area contributed by atoms with Gasteiger partial charge in [-0.05, 0) is 25.0 Å². The summed E-state index contributed by atoms with van der Waals surface area (Å²) in [4.78, 5) is 16.9. The van der Waals surface area contributed by atoms with E-state index in [0.29, 0.717) is 6.42 Å². The van der Waals surface area contributed by atoms with Crippen LogP contribution in [0, 0.1) is 13.8 Å². The van der Waals surface area contributed by atoms with Crippen LogP contribution >= 0.6 is 0 Å². The first-order valence-corrected chi connectivity index (χ1v) is 8.71. The highest BCUT2D eigenvalue weighted by Crippen LogP contribution is 2.12. The van der Waals surface area contributed by atoms with Crippen molar-refractivity contribution in [1.82, 2.24) is 9.80 Å². The monoisotopic (exact) mass is 322 g/mol. The second-order valence-electron chi connectivity index (χ2n) is 6.80. The van der Waals surface area contributed by atoms with Crippen molar-refractivity contribution in [3.8, 4) is 0 Å². The minimum Gasteiger partial charge on any atom is -0.340 e. The van der Waals surface area contributed by atoms with Crippen molar-refractivity contribution in [3.05, 3.63) is 70.8 Å². The van der Waals surface area contributed by atoms with E-state index in [1.165, 1.54) is 16.7 Å². The van der Waals surface area contributed by atoms with E-state index in [1.807, 2.05) is 4.90 Å². The summed E-state index contributed by atoms with van der Waals surface area (Å²) in [6.07, 6.45) is 0.512. The number of piperazine rings is 1. The zero-order chi connectivity index (χ0) is 16.9. The van der Waals surface area contributed by atoms with E-state index in [-0.39, 0.29) is 5.91 Å². The van der Waals surface area contributed by atoms with Crippen LogP contribution < -0.4 is 0 Å². The fraction of sp³-hybridized carbons (Fsp3) is 0.381. The Hall–Kier alpha value is -2.13. The van der Waals surface area contributed by atoms with Gasteiger partial charge < -0.3 is 4.90 Å². The maximum absolute atomic E-state index is 12.5. The molecule has 1 aliphatic heterocycles. The highest BCUT2D eigenvalue weighted by Gasteiger charge is 2.21. The lowest BCUT2D eigenvalue weighted by molar-refractivity contribution is -0.132. The van der Waals surface area contributed by atoms with Crippen LogP contribution in [-0.2, 0) is 17.8 Å². The van der Waals surface area contributed by atoms with E-state index < -0.39 is 0 Å². The molecule has 0 atom stereocenters. The highest BCUT2D eigenvalue weighted by atomic mass is 16.2. The molecular weight excluding hydrogens is 296 g/mol. The molecule has 1 amide bonds. The van der Waals surface area contributed by atoms with Gasteiger partial charge in [0.2, 0.25) is 5.91 Å². The van der Waals surface area contributed by atoms with Gasteiger partial charge in [0.05, 0.1) is 6.42 Å². The highest BCUT2D eigenvalue weighted by molar-refractivity contribution is 5.78. The molecule has 0 unspecified atom stereocenters. The summed E-state index contributed by atoms with van der Waals surface area (Å²) >= 11 is 0. The van der Waals surface area contributed by atoms with E-state index in [4.69, 9.17) is 0 Å². The minimum absolute atomic E-state index is 0.244. The summed E-state index contributed by atoms with van der Waals surface area (Å²) in [5.74, 6) is 0.244. The zero-order valence-electron chi connectivity index (χ0n) is 14.7. The number of amides is 1. The number of aryl methyl sites for hydroxylation is 2. The van der Waals surface area contributed by atoms with Crippen LogP contribution in [0.15, 0.2) is 48.5 Å². The first-order chi connectivity index (χ1) is 11.6. The Kier molecular flexibility index (Phi) is 5.31. The average molecular weight is 322 g/mol. The molecule has 3 rings (SSSR count). The minimum atomic E-state index is 0.244. The van der Waals surface area contributed by atoms with Gasteiger partial charge in [0, 0.05) is 32.7 Å². The molecule has 0 bridgehead atoms. The number of hydrogen-bond acceptors (Lipinski definition) is 2. The van der Waals surface area contributed by atoms with Crippen molar-refractivity contribution < 1.29 is 4.79 Å². The lowest BCUT2D eigenvalue weighted by Gasteiger charge is -2.35. The standard InChI is InChI=1S/C21H26N2O/c1-17-3-7-19(8-4-17)15-21(24)23-13-11-22(12-14-23)16-20-9-5-18(2)6-10-20/h3-10H,11-16H2,1-2H3. The van der Waals surface area contributed by atoms with Gasteiger partial charge in [0.25, 0.3) is 0 Å². The maximum atomic E-state index is 12.5. The second-order valence-corrected chi connectivity index (χ2v) is 6.80. The van der Waals surface area contributed by atoms with Gasteiger partial charge in [-0.1, -0.05) is 59.7 Å². The largest absolute Gasteiger partial charge is 0.340 e. The van der Waals surface area contributed by atoms with E-state index >= 15 is 0 Å². The topological polar surface area (TPSA) is 23.6 Å². The molecule has 2 aromatic rings. The molecule has 1 fully saturated rings. The number of hydrogen-bond donors (Lipinski definition) is 0. The summed E-state index contributed by atoms with van der Waals surface area (Å²) in [6.45, 7) is 8.72. The molecule has 2 aromatic carbocycles. The number of carbonyl (C=O) groups is 1. The first kappa shape index (κ1) is 16.7. The molecule has 0 aromatic heterocycles. The Morgan fingerprint density at radius 1 is 0.792 bits per heavy atom. The Balaban J connectivity index is 1.48. The normalized spacial score (nSPS) is 15.5. The molecule has 0 aliphatic carbocycles. The molecule has 24 heavy (non-hydrogen) atoms. The Labute approximate surface area is 144 Å². The van der Waals surface area contributed by atoms with Crippen molar-refractivity contribution in [1.29, 1.82) is 0 Å². The van der Waals surface area contributed by atoms with Crippen molar-refractivity contribution in [2.24, 2.45) is 0 Å². The molecule has 0 N–H and O–H groups in total. The zero-order valence-corrected chi connectivity index (χ0v) is 14.7. The smallest absolute Gasteiger partial charge is 0.227 e. The summed E-state index contributed by atoms with van der Waals surface area (Å²) in [5.41, 5.74) is 4.98. The average Bonchev–Trinajstić information content (AvgIpc) is 2.59. The van der Waals surface area contributed by atoms with Gasteiger partial charge in [0.1, 0.15) is 0 Å². The molecule has 1 saturated heterocycles. The van der Waals surface area contributed by atoms with E-state index in [1.54, 1.807) is 0 Å². The van der Waals surface area contributed by atoms with Crippen molar-refractivity contribution >= 4 is 5.91 Å². The van der Waals surface area contributed by atoms with E-state index in [0.717, 1.165) is 38.3 Å². The lowest BCUT2D eigenvalue weighted by Crippen LogP contribution is -2.48. The Bertz CT molecular complexity index is 668. The molecular formula is C21H26N2O. The van der Waals surface area contributed by atoms with Crippen molar-refractivity contribution in [2.75, 3.05) is 26.2 Å². The number of nitrogens with zero attached hydrogens (tertiary/aromatic N) is 2. The predicted molar refractivity (Wildman–Crippen MR) is 97.9 cm³/mol. The third-order valence-electron chi connectivity index (χ3n) is 4.73. The number of rotatable bonds is 4. The van der Waals surface area contributed by atoms with Crippen LogP contribution in [-0.4, -0.2) is 41.9 Å². The van der Waals surface area contributed by atoms with Gasteiger partial charge in [0.15, 0.2) is 0 Å². The maximum Gasteiger partial charge on any atom is 0.227 e. The summed E-state index contributed by atoms with van der Waals surface area (Å²) in [7, 11) is 0. The van der Waals surface area contributed by atoms with Crippen LogP contribution in [0.2, 0.25) is 0 Å². The summed E-state index contributed by atoms with van der Waals surface area (Å²) in [6, 6.07) is 17.0. The van der Waals surface area contributed by atoms with Crippen molar-refractivity contribution in [3.63, 3.8) is 0 Å². The molecule has 0 spiro atoms. The molecule has 1 aliphatic rings. The van der Waals surface area contributed by atoms with Crippen LogP contribution in [0.1, 0.15) is 22.3 Å². The molecule has 3 nitrogen and oxygen atoms in total. The van der Waals surface area contributed by atoms with Gasteiger partial charge in [-0.2, -0.15) is 0 Å². The number of carbonyl (C=O) groups excluding carboxylic acids is 1. The lowest BCUT2D eigenvalue weighted by atomic mass is 10.1. The predicted octanol–water partition coefficient (Wildman–Crippen LogP) is 3.19. The molecule has 1 heterocycles. The molecule has 0 saturated carbocycles. The Morgan fingerprint density at radius 2 is 1.29 bits per heavy atom. The van der Waals surface area contributed by atoms with E-state index in [2.05, 4.69) is 67.3 Å². The van der Waals surface area contributed by atoms with Crippen molar-refractivity contribution in [2.45, 2.75) is 26.8 Å². The van der Waals surface area contributed by atoms with Crippen LogP contribution in [0.3, 0.4) is 0 Å². The fourth-order valence-electron chi connectivity index (χ4n) is 3.10. The van der Waals surface area contributed by atoms with E-state index in [9.17, 15) is 4.79 Å². The quantitative estimate of drug-likeness (QED) is 0.863. The summed E-state index contributed by atoms with van der Waals surface area (Å²) in [5, 5.41) is 0. The van der Waals surface area contributed by atoms with Crippen LogP contribution in [0.4, 0.5) is 0 Å². The van der Waals surface area contributed by atoms with Gasteiger partial charge in [-0.25, -0.2) is 0 Å². The van der Waals surface area contributed by atoms with Gasteiger partial charge in [-0.15, -0.1) is 0 Å². The fourth-order valence-corrected chi connectivity index (χ4v) is 3.10. The van der Waals surface area contributed by atoms with Crippen LogP contribution in [0.25, 0.3) is 0 Å². The Morgan fingerprint density at radius 3 is 1.83 bits per heavy atom. The first-order valence-electron chi connectivity index (χ1n) is 8.71. The number of benzene rings is 2. The second kappa shape index (κ2) is 7.63. The SMILES string of the molecule is Cc1ccc(CC(=O)N2CCN(Cc3ccc(C)cc3)CC2)cc1. The van der Waals surface area contributed by atoms with Crippen LogP contribution in [0.5, 0.6) is 0 Å². The molecule has 0 radical (unpaired) electrons. The molecule has 3 heteroatoms. The molecule has 126 valence electrons.